The molecule has 0 spiro atoms. The van der Waals surface area contributed by atoms with Gasteiger partial charge in [-0.1, -0.05) is 36.4 Å². The van der Waals surface area contributed by atoms with Crippen molar-refractivity contribution >= 4 is 16.9 Å². The maximum Gasteiger partial charge on any atom is 0.368 e. The van der Waals surface area contributed by atoms with Gasteiger partial charge < -0.3 is 9.47 Å². The van der Waals surface area contributed by atoms with Crippen LogP contribution in [0.1, 0.15) is 17.3 Å². The van der Waals surface area contributed by atoms with Gasteiger partial charge in [-0.05, 0) is 43.3 Å². The van der Waals surface area contributed by atoms with E-state index in [1.54, 1.807) is 36.4 Å². The second kappa shape index (κ2) is 10.9. The summed E-state index contributed by atoms with van der Waals surface area (Å²) in [5.74, 6) is 1.41. The quantitative estimate of drug-likeness (QED) is 0.241. The smallest absolute Gasteiger partial charge is 0.368 e. The van der Waals surface area contributed by atoms with Crippen LogP contribution < -0.4 is 28.1 Å². The lowest BCUT2D eigenvalue weighted by Crippen LogP contribution is -2.68. The summed E-state index contributed by atoms with van der Waals surface area (Å²) in [7, 11) is -4.94. The molecule has 0 aliphatic heterocycles. The highest BCUT2D eigenvalue weighted by atomic mass is 35.7. The fourth-order valence-corrected chi connectivity index (χ4v) is 2.96. The minimum Gasteiger partial charge on any atom is -0.493 e. The number of fused-ring (bicyclic) bond motifs is 1. The molecular formula is C24H19ClO8. The number of esters is 1. The molecule has 4 rings (SSSR count). The molecule has 170 valence electrons. The first kappa shape index (κ1) is 24.1. The first-order valence-electron chi connectivity index (χ1n) is 9.72. The predicted molar refractivity (Wildman–Crippen MR) is 109 cm³/mol. The zero-order chi connectivity index (χ0) is 23.8. The number of carbonyl (C=O) groups excluding carboxylic acids is 1. The van der Waals surface area contributed by atoms with Crippen molar-refractivity contribution in [2.24, 2.45) is 0 Å². The van der Waals surface area contributed by atoms with E-state index in [0.29, 0.717) is 29.3 Å². The van der Waals surface area contributed by atoms with Gasteiger partial charge in [0.15, 0.2) is 0 Å². The minimum absolute atomic E-state index is 0.413. The van der Waals surface area contributed by atoms with Crippen LogP contribution in [-0.4, -0.2) is 12.6 Å². The molecule has 1 heterocycles. The molecule has 3 aromatic carbocycles. The average molecular weight is 471 g/mol. The molecule has 0 aliphatic rings. The van der Waals surface area contributed by atoms with Crippen LogP contribution in [0.4, 0.5) is 0 Å². The van der Waals surface area contributed by atoms with Crippen LogP contribution >= 0.6 is 0 Å². The van der Waals surface area contributed by atoms with E-state index in [2.05, 4.69) is 0 Å². The molecule has 1 aromatic heterocycles. The van der Waals surface area contributed by atoms with Crippen molar-refractivity contribution < 1.29 is 47.6 Å². The zero-order valence-corrected chi connectivity index (χ0v) is 18.2. The fraction of sp³-hybridized carbons (Fsp3) is 0.0833. The Labute approximate surface area is 191 Å². The summed E-state index contributed by atoms with van der Waals surface area (Å²) in [5, 5.41) is 0.820. The molecule has 0 unspecified atom stereocenters. The Morgan fingerprint density at radius 1 is 0.879 bits per heavy atom. The first-order valence-corrected chi connectivity index (χ1v) is 11.0. The molecule has 0 saturated heterocycles. The van der Waals surface area contributed by atoms with Crippen LogP contribution in [0.25, 0.3) is 22.3 Å². The summed E-state index contributed by atoms with van der Waals surface area (Å²) in [5.41, 5.74) is 2.02. The van der Waals surface area contributed by atoms with E-state index in [-0.39, 0.29) is 0 Å². The monoisotopic (exact) mass is 470 g/mol. The van der Waals surface area contributed by atoms with Crippen molar-refractivity contribution in [3.8, 4) is 22.8 Å². The normalized spacial score (nSPS) is 10.8. The largest absolute Gasteiger partial charge is 0.493 e. The molecule has 0 aliphatic carbocycles. The van der Waals surface area contributed by atoms with E-state index in [0.717, 1.165) is 16.7 Å². The van der Waals surface area contributed by atoms with Crippen LogP contribution in [0.2, 0.25) is 0 Å². The Bertz CT molecular complexity index is 1200. The van der Waals surface area contributed by atoms with E-state index in [1.165, 1.54) is 0 Å². The van der Waals surface area contributed by atoms with Crippen LogP contribution in [0.3, 0.4) is 0 Å². The molecule has 0 radical (unpaired) electrons. The molecule has 9 heteroatoms. The Balaban J connectivity index is 0.000000555. The van der Waals surface area contributed by atoms with Gasteiger partial charge in [0, 0.05) is 0 Å². The molecule has 33 heavy (non-hydrogen) atoms. The van der Waals surface area contributed by atoms with Crippen molar-refractivity contribution in [3.05, 3.63) is 90.5 Å². The van der Waals surface area contributed by atoms with Gasteiger partial charge in [-0.2, -0.15) is 0 Å². The third kappa shape index (κ3) is 7.25. The average Bonchev–Trinajstić information content (AvgIpc) is 2.79. The lowest BCUT2D eigenvalue weighted by atomic mass is 10.1. The molecule has 8 nitrogen and oxygen atoms in total. The molecular weight excluding hydrogens is 452 g/mol. The number of benzene rings is 3. The number of ether oxygens (including phenoxy) is 2. The van der Waals surface area contributed by atoms with Gasteiger partial charge in [-0.25, -0.2) is 27.8 Å². The van der Waals surface area contributed by atoms with Gasteiger partial charge in [0.25, 0.3) is 0 Å². The van der Waals surface area contributed by atoms with Crippen molar-refractivity contribution in [2.75, 3.05) is 6.61 Å². The summed E-state index contributed by atoms with van der Waals surface area (Å²) in [6.07, 6.45) is 0. The highest BCUT2D eigenvalue weighted by Crippen LogP contribution is 2.34. The van der Waals surface area contributed by atoms with Gasteiger partial charge >= 0.3 is 17.3 Å². The molecule has 4 aromatic rings. The Hall–Kier alpha value is -3.53. The molecule has 0 N–H and O–H groups in total. The lowest BCUT2D eigenvalue weighted by Gasteiger charge is -2.17. The van der Waals surface area contributed by atoms with Gasteiger partial charge in [-0.3, -0.25) is 0 Å². The van der Waals surface area contributed by atoms with E-state index in [9.17, 15) is 4.79 Å². The zero-order valence-electron chi connectivity index (χ0n) is 17.4. The number of hydrogen-bond acceptors (Lipinski definition) is 7. The third-order valence-corrected chi connectivity index (χ3v) is 4.28. The lowest BCUT2D eigenvalue weighted by molar-refractivity contribution is -2.00. The molecule has 0 fully saturated rings. The summed E-state index contributed by atoms with van der Waals surface area (Å²) < 4.78 is 51.4. The van der Waals surface area contributed by atoms with Gasteiger partial charge in [0.2, 0.25) is 0 Å². The SMILES string of the molecule is CCOc1cc(-c2ccccc2)[o+]c2cc(OC(=O)c3ccccc3)ccc12.[O-][Cl+3]([O-])([O-])[O-]. The second-order valence-electron chi connectivity index (χ2n) is 6.57. The highest BCUT2D eigenvalue weighted by molar-refractivity contribution is 5.92. The number of hydrogen-bond donors (Lipinski definition) is 0. The third-order valence-electron chi connectivity index (χ3n) is 4.28. The second-order valence-corrected chi connectivity index (χ2v) is 7.32. The van der Waals surface area contributed by atoms with Gasteiger partial charge in [-0.15, -0.1) is 10.2 Å². The summed E-state index contributed by atoms with van der Waals surface area (Å²) in [6, 6.07) is 25.9. The summed E-state index contributed by atoms with van der Waals surface area (Å²) in [4.78, 5) is 12.3. The number of halogens is 1. The van der Waals surface area contributed by atoms with Crippen LogP contribution in [0.15, 0.2) is 89.3 Å². The Morgan fingerprint density at radius 2 is 1.48 bits per heavy atom. The topological polar surface area (TPSA) is 139 Å². The highest BCUT2D eigenvalue weighted by Gasteiger charge is 2.21. The number of rotatable bonds is 5. The molecule has 0 amide bonds. The van der Waals surface area contributed by atoms with E-state index in [4.69, 9.17) is 32.5 Å². The molecule has 0 saturated carbocycles. The van der Waals surface area contributed by atoms with Crippen molar-refractivity contribution in [3.63, 3.8) is 0 Å². The van der Waals surface area contributed by atoms with Gasteiger partial charge in [0.1, 0.15) is 16.9 Å². The Kier molecular flexibility index (Phi) is 7.94. The van der Waals surface area contributed by atoms with E-state index in [1.807, 2.05) is 55.5 Å². The van der Waals surface area contributed by atoms with E-state index < -0.39 is 16.2 Å². The standard InChI is InChI=1S/C24H19O4.ClHO4/c1-2-26-22-16-21(17-9-5-3-6-10-17)28-23-15-19(13-14-20(22)23)27-24(25)18-11-7-4-8-12-18;2-1(3,4)5/h3-16H,2H2,1H3;(H,2,3,4,5)/q+1;/p-1. The molecule has 0 atom stereocenters. The van der Waals surface area contributed by atoms with Crippen molar-refractivity contribution in [1.29, 1.82) is 0 Å². The van der Waals surface area contributed by atoms with Crippen LogP contribution in [-0.2, 0) is 0 Å². The fourth-order valence-electron chi connectivity index (χ4n) is 2.96. The first-order chi connectivity index (χ1) is 15.7. The summed E-state index contributed by atoms with van der Waals surface area (Å²) >= 11 is 0. The van der Waals surface area contributed by atoms with Gasteiger partial charge in [0.05, 0.1) is 29.9 Å². The number of carbonyl (C=O) groups is 1. The van der Waals surface area contributed by atoms with Crippen LogP contribution in [0.5, 0.6) is 11.5 Å². The molecule has 0 bridgehead atoms. The van der Waals surface area contributed by atoms with Crippen LogP contribution in [0, 0.1) is 10.2 Å². The Morgan fingerprint density at radius 3 is 2.09 bits per heavy atom. The van der Waals surface area contributed by atoms with Crippen molar-refractivity contribution in [2.45, 2.75) is 6.92 Å². The minimum atomic E-state index is -4.94. The maximum absolute atomic E-state index is 12.3. The predicted octanol–water partition coefficient (Wildman–Crippen LogP) is 1.24. The van der Waals surface area contributed by atoms with E-state index >= 15 is 0 Å². The maximum atomic E-state index is 12.3. The van der Waals surface area contributed by atoms with Crippen molar-refractivity contribution in [1.82, 2.24) is 0 Å². The summed E-state index contributed by atoms with van der Waals surface area (Å²) in [6.45, 7) is 2.48.